The first-order chi connectivity index (χ1) is 6.36. The van der Waals surface area contributed by atoms with Gasteiger partial charge in [0, 0.05) is 13.2 Å². The van der Waals surface area contributed by atoms with Crippen LogP contribution in [-0.2, 0) is 13.0 Å². The van der Waals surface area contributed by atoms with Crippen LogP contribution in [0.2, 0.25) is 0 Å². The van der Waals surface area contributed by atoms with Gasteiger partial charge in [0.2, 0.25) is 0 Å². The maximum Gasteiger partial charge on any atom is 0.0462 e. The molecule has 0 atom stereocenters. The molecule has 0 unspecified atom stereocenters. The zero-order valence-corrected chi connectivity index (χ0v) is 7.74. The minimum atomic E-state index is 0.163. The number of nitrogens with two attached hydrogens (primary N) is 1. The van der Waals surface area contributed by atoms with Crippen molar-refractivity contribution in [3.05, 3.63) is 41.8 Å². The third-order valence-electron chi connectivity index (χ3n) is 1.99. The Morgan fingerprint density at radius 3 is 2.77 bits per heavy atom. The van der Waals surface area contributed by atoms with Gasteiger partial charge in [-0.25, -0.2) is 0 Å². The van der Waals surface area contributed by atoms with Gasteiger partial charge in [-0.3, -0.25) is 0 Å². The minimum Gasteiger partial charge on any atom is -0.396 e. The second-order valence-corrected chi connectivity index (χ2v) is 3.03. The maximum atomic E-state index is 8.57. The van der Waals surface area contributed by atoms with Crippen LogP contribution in [0.4, 0.5) is 0 Å². The Morgan fingerprint density at radius 1 is 1.31 bits per heavy atom. The zero-order chi connectivity index (χ0) is 9.52. The second kappa shape index (κ2) is 5.73. The highest BCUT2D eigenvalue weighted by molar-refractivity contribution is 5.23. The molecule has 0 fully saturated rings. The molecule has 0 bridgehead atoms. The molecule has 0 saturated carbocycles. The third kappa shape index (κ3) is 3.57. The molecule has 1 radical (unpaired) electrons. The monoisotopic (exact) mass is 178 g/mol. The van der Waals surface area contributed by atoms with Gasteiger partial charge >= 0.3 is 0 Å². The van der Waals surface area contributed by atoms with Gasteiger partial charge in [0.1, 0.15) is 0 Å². The highest BCUT2D eigenvalue weighted by Gasteiger charge is 1.94. The van der Waals surface area contributed by atoms with E-state index in [1.54, 1.807) is 0 Å². The fourth-order valence-electron chi connectivity index (χ4n) is 1.27. The molecule has 0 spiro atoms. The number of aliphatic hydroxyl groups is 1. The van der Waals surface area contributed by atoms with Crippen LogP contribution in [-0.4, -0.2) is 11.7 Å². The summed E-state index contributed by atoms with van der Waals surface area (Å²) >= 11 is 0. The lowest BCUT2D eigenvalue weighted by Crippen LogP contribution is -1.97. The molecule has 1 aromatic carbocycles. The molecule has 0 saturated heterocycles. The molecule has 0 aliphatic rings. The van der Waals surface area contributed by atoms with Gasteiger partial charge in [-0.15, -0.1) is 0 Å². The van der Waals surface area contributed by atoms with Crippen LogP contribution in [0.5, 0.6) is 0 Å². The predicted octanol–water partition coefficient (Wildman–Crippen LogP) is 1.27. The van der Waals surface area contributed by atoms with Crippen molar-refractivity contribution in [2.24, 2.45) is 5.73 Å². The van der Waals surface area contributed by atoms with Crippen molar-refractivity contribution < 1.29 is 5.11 Å². The van der Waals surface area contributed by atoms with E-state index in [1.807, 2.05) is 18.6 Å². The number of hydrogen-bond donors (Lipinski definition) is 2. The number of aliphatic hydroxyl groups excluding tert-OH is 1. The highest BCUT2D eigenvalue weighted by Crippen LogP contribution is 2.07. The molecule has 0 aliphatic carbocycles. The molecule has 13 heavy (non-hydrogen) atoms. The lowest BCUT2D eigenvalue weighted by molar-refractivity contribution is 0.323. The first-order valence-electron chi connectivity index (χ1n) is 4.57. The molecule has 0 aliphatic heterocycles. The van der Waals surface area contributed by atoms with Crippen molar-refractivity contribution in [2.45, 2.75) is 19.4 Å². The molecular weight excluding hydrogens is 162 g/mol. The highest BCUT2D eigenvalue weighted by atomic mass is 16.2. The Morgan fingerprint density at radius 2 is 2.08 bits per heavy atom. The quantitative estimate of drug-likeness (QED) is 0.667. The standard InChI is InChI=1S/C11H16NO/c12-9-11-6-3-5-10(8-11)4-1-2-7-13/h2-3,5-6,8,13H,1,4,7,9,12H2. The molecule has 2 nitrogen and oxygen atoms in total. The number of aryl methyl sites for hydroxylation is 1. The van der Waals surface area contributed by atoms with Gasteiger partial charge in [0.15, 0.2) is 0 Å². The van der Waals surface area contributed by atoms with E-state index in [9.17, 15) is 0 Å². The molecule has 1 aromatic rings. The van der Waals surface area contributed by atoms with Gasteiger partial charge in [0.25, 0.3) is 0 Å². The summed E-state index contributed by atoms with van der Waals surface area (Å²) in [5.74, 6) is 0. The summed E-state index contributed by atoms with van der Waals surface area (Å²) in [6.07, 6.45) is 3.77. The van der Waals surface area contributed by atoms with Gasteiger partial charge in [-0.05, 0) is 30.4 Å². The Kier molecular flexibility index (Phi) is 4.50. The van der Waals surface area contributed by atoms with Crippen LogP contribution in [0.15, 0.2) is 24.3 Å². The molecule has 3 N–H and O–H groups in total. The van der Waals surface area contributed by atoms with E-state index in [1.165, 1.54) is 11.1 Å². The molecule has 2 heteroatoms. The van der Waals surface area contributed by atoms with Crippen LogP contribution >= 0.6 is 0 Å². The van der Waals surface area contributed by atoms with E-state index in [0.717, 1.165) is 12.8 Å². The Hall–Kier alpha value is -0.860. The average Bonchev–Trinajstić information content (AvgIpc) is 2.19. The van der Waals surface area contributed by atoms with Crippen molar-refractivity contribution in [1.29, 1.82) is 0 Å². The Bertz CT molecular complexity index is 248. The average molecular weight is 178 g/mol. The fourth-order valence-corrected chi connectivity index (χ4v) is 1.27. The van der Waals surface area contributed by atoms with E-state index in [4.69, 9.17) is 10.8 Å². The van der Waals surface area contributed by atoms with Crippen LogP contribution < -0.4 is 5.73 Å². The van der Waals surface area contributed by atoms with Crippen molar-refractivity contribution >= 4 is 0 Å². The number of hydrogen-bond acceptors (Lipinski definition) is 2. The van der Waals surface area contributed by atoms with Crippen LogP contribution in [0.1, 0.15) is 17.5 Å². The van der Waals surface area contributed by atoms with Crippen molar-refractivity contribution in [1.82, 2.24) is 0 Å². The van der Waals surface area contributed by atoms with Crippen LogP contribution in [0, 0.1) is 6.42 Å². The van der Waals surface area contributed by atoms with E-state index in [-0.39, 0.29) is 6.61 Å². The SMILES string of the molecule is NCc1cccc(CC[CH]CO)c1. The molecule has 0 heterocycles. The first-order valence-corrected chi connectivity index (χ1v) is 4.57. The van der Waals surface area contributed by atoms with Gasteiger partial charge in [-0.2, -0.15) is 0 Å². The predicted molar refractivity (Wildman–Crippen MR) is 54.0 cm³/mol. The molecule has 0 aromatic heterocycles. The first kappa shape index (κ1) is 10.2. The number of benzene rings is 1. The summed E-state index contributed by atoms with van der Waals surface area (Å²) in [5, 5.41) is 8.57. The zero-order valence-electron chi connectivity index (χ0n) is 7.74. The van der Waals surface area contributed by atoms with Crippen molar-refractivity contribution in [2.75, 3.05) is 6.61 Å². The second-order valence-electron chi connectivity index (χ2n) is 3.03. The summed E-state index contributed by atoms with van der Waals surface area (Å²) in [6.45, 7) is 0.758. The van der Waals surface area contributed by atoms with Crippen LogP contribution in [0.25, 0.3) is 0 Å². The summed E-state index contributed by atoms with van der Waals surface area (Å²) in [5.41, 5.74) is 7.98. The minimum absolute atomic E-state index is 0.163. The lowest BCUT2D eigenvalue weighted by atomic mass is 10.1. The van der Waals surface area contributed by atoms with Gasteiger partial charge in [0.05, 0.1) is 0 Å². The maximum absolute atomic E-state index is 8.57. The summed E-state index contributed by atoms with van der Waals surface area (Å²) in [7, 11) is 0. The summed E-state index contributed by atoms with van der Waals surface area (Å²) in [6, 6.07) is 8.26. The van der Waals surface area contributed by atoms with Crippen LogP contribution in [0.3, 0.4) is 0 Å². The Balaban J connectivity index is 2.46. The molecule has 71 valence electrons. The lowest BCUT2D eigenvalue weighted by Gasteiger charge is -2.02. The molecule has 0 amide bonds. The summed E-state index contributed by atoms with van der Waals surface area (Å²) in [4.78, 5) is 0. The van der Waals surface area contributed by atoms with Gasteiger partial charge in [-0.1, -0.05) is 24.3 Å². The number of unbranched alkanes of at least 4 members (excludes halogenated alkanes) is 1. The molecular formula is C11H16NO. The smallest absolute Gasteiger partial charge is 0.0462 e. The van der Waals surface area contributed by atoms with E-state index in [0.29, 0.717) is 6.54 Å². The van der Waals surface area contributed by atoms with E-state index in [2.05, 4.69) is 12.1 Å². The van der Waals surface area contributed by atoms with Crippen molar-refractivity contribution in [3.8, 4) is 0 Å². The third-order valence-corrected chi connectivity index (χ3v) is 1.99. The Labute approximate surface area is 79.4 Å². The van der Waals surface area contributed by atoms with E-state index >= 15 is 0 Å². The fraction of sp³-hybridized carbons (Fsp3) is 0.364. The number of rotatable bonds is 5. The van der Waals surface area contributed by atoms with Crippen molar-refractivity contribution in [3.63, 3.8) is 0 Å². The largest absolute Gasteiger partial charge is 0.396 e. The topological polar surface area (TPSA) is 46.2 Å². The normalized spacial score (nSPS) is 10.3. The molecule has 1 rings (SSSR count). The van der Waals surface area contributed by atoms with Gasteiger partial charge < -0.3 is 10.8 Å². The van der Waals surface area contributed by atoms with E-state index < -0.39 is 0 Å². The summed E-state index contributed by atoms with van der Waals surface area (Å²) < 4.78 is 0.